The first-order chi connectivity index (χ1) is 13.6. The number of pyridine rings is 2. The van der Waals surface area contributed by atoms with Gasteiger partial charge >= 0.3 is 0 Å². The summed E-state index contributed by atoms with van der Waals surface area (Å²) in [6, 6.07) is 12.0. The average Bonchev–Trinajstić information content (AvgIpc) is 2.70. The topological polar surface area (TPSA) is 44.2 Å². The lowest BCUT2D eigenvalue weighted by Crippen LogP contribution is -2.14. The van der Waals surface area contributed by atoms with E-state index >= 15 is 0 Å². The van der Waals surface area contributed by atoms with Gasteiger partial charge in [-0.1, -0.05) is 61.4 Å². The van der Waals surface area contributed by atoms with Crippen LogP contribution in [-0.4, -0.2) is 34.7 Å². The fraction of sp³-hybridized carbons (Fsp3) is 0.545. The lowest BCUT2D eigenvalue weighted by Gasteiger charge is -2.20. The van der Waals surface area contributed by atoms with Crippen LogP contribution >= 0.6 is 21.6 Å². The van der Waals surface area contributed by atoms with Crippen LogP contribution in [0.25, 0.3) is 0 Å². The van der Waals surface area contributed by atoms with E-state index in [0.717, 1.165) is 36.1 Å². The van der Waals surface area contributed by atoms with Crippen LogP contribution in [0.15, 0.2) is 48.8 Å². The molecule has 0 aliphatic rings. The molecule has 2 aromatic heterocycles. The van der Waals surface area contributed by atoms with E-state index in [2.05, 4.69) is 37.7 Å². The monoisotopic (exact) mass is 420 g/mol. The summed E-state index contributed by atoms with van der Waals surface area (Å²) in [5, 5.41) is 0. The molecule has 0 bridgehead atoms. The Labute approximate surface area is 177 Å². The van der Waals surface area contributed by atoms with Gasteiger partial charge in [0.2, 0.25) is 0 Å². The number of nitrogens with zero attached hydrogens (tertiary/aromatic N) is 2. The van der Waals surface area contributed by atoms with E-state index in [-0.39, 0.29) is 12.2 Å². The molecule has 2 heterocycles. The molecule has 6 heteroatoms. The van der Waals surface area contributed by atoms with Crippen molar-refractivity contribution in [2.24, 2.45) is 11.8 Å². The zero-order valence-electron chi connectivity index (χ0n) is 17.3. The highest BCUT2D eigenvalue weighted by atomic mass is 33.1. The maximum Gasteiger partial charge on any atom is 0.109 e. The van der Waals surface area contributed by atoms with Crippen molar-refractivity contribution in [3.63, 3.8) is 0 Å². The highest BCUT2D eigenvalue weighted by Gasteiger charge is 2.17. The number of hydrogen-bond donors (Lipinski definition) is 0. The quantitative estimate of drug-likeness (QED) is 0.293. The Kier molecular flexibility index (Phi) is 10.9. The molecular weight excluding hydrogens is 388 g/mol. The van der Waals surface area contributed by atoms with E-state index in [1.54, 1.807) is 0 Å². The van der Waals surface area contributed by atoms with Crippen molar-refractivity contribution in [3.05, 3.63) is 60.2 Å². The Morgan fingerprint density at radius 3 is 1.46 bits per heavy atom. The predicted molar refractivity (Wildman–Crippen MR) is 120 cm³/mol. The molecule has 0 saturated heterocycles. The average molecular weight is 421 g/mol. The molecule has 0 amide bonds. The second-order valence-electron chi connectivity index (χ2n) is 7.51. The highest BCUT2D eigenvalue weighted by Crippen LogP contribution is 2.33. The van der Waals surface area contributed by atoms with Crippen LogP contribution in [0.1, 0.15) is 51.3 Å². The molecule has 0 saturated carbocycles. The summed E-state index contributed by atoms with van der Waals surface area (Å²) in [4.78, 5) is 8.97. The standard InChI is InChI=1S/C22H32N2O2S2/c1-17(2)13-25-21(19-9-5-7-11-23-19)15-27-28-16-22(26-14-18(3)4)20-10-6-8-12-24-20/h5-12,17-18,21-22H,13-16H2,1-4H3. The molecule has 0 N–H and O–H groups in total. The van der Waals surface area contributed by atoms with Crippen LogP contribution in [0.2, 0.25) is 0 Å². The molecule has 0 spiro atoms. The molecule has 2 atom stereocenters. The smallest absolute Gasteiger partial charge is 0.109 e. The summed E-state index contributed by atoms with van der Waals surface area (Å²) < 4.78 is 12.2. The number of rotatable bonds is 13. The van der Waals surface area contributed by atoms with Crippen LogP contribution in [0.4, 0.5) is 0 Å². The van der Waals surface area contributed by atoms with Gasteiger partial charge in [-0.05, 0) is 36.1 Å². The van der Waals surface area contributed by atoms with Crippen molar-refractivity contribution in [2.75, 3.05) is 24.7 Å². The van der Waals surface area contributed by atoms with Crippen molar-refractivity contribution in [3.8, 4) is 0 Å². The van der Waals surface area contributed by atoms with Crippen molar-refractivity contribution >= 4 is 21.6 Å². The van der Waals surface area contributed by atoms with Gasteiger partial charge in [0.25, 0.3) is 0 Å². The van der Waals surface area contributed by atoms with Crippen molar-refractivity contribution in [1.82, 2.24) is 9.97 Å². The van der Waals surface area contributed by atoms with Gasteiger partial charge in [-0.25, -0.2) is 0 Å². The molecule has 0 fully saturated rings. The van der Waals surface area contributed by atoms with Crippen LogP contribution < -0.4 is 0 Å². The highest BCUT2D eigenvalue weighted by molar-refractivity contribution is 8.76. The van der Waals surface area contributed by atoms with Crippen molar-refractivity contribution in [2.45, 2.75) is 39.9 Å². The Balaban J connectivity index is 1.88. The third-order valence-corrected chi connectivity index (χ3v) is 6.18. The fourth-order valence-corrected chi connectivity index (χ4v) is 4.70. The van der Waals surface area contributed by atoms with Crippen molar-refractivity contribution < 1.29 is 9.47 Å². The number of hydrogen-bond acceptors (Lipinski definition) is 6. The molecule has 4 nitrogen and oxygen atoms in total. The number of ether oxygens (including phenoxy) is 2. The first-order valence-corrected chi connectivity index (χ1v) is 12.3. The minimum absolute atomic E-state index is 0.00554. The second-order valence-corrected chi connectivity index (χ2v) is 10.1. The minimum Gasteiger partial charge on any atom is -0.371 e. The van der Waals surface area contributed by atoms with Gasteiger partial charge in [-0.15, -0.1) is 0 Å². The van der Waals surface area contributed by atoms with Gasteiger partial charge in [-0.3, -0.25) is 9.97 Å². The van der Waals surface area contributed by atoms with E-state index in [1.165, 1.54) is 0 Å². The molecule has 0 aliphatic heterocycles. The van der Waals surface area contributed by atoms with Crippen molar-refractivity contribution in [1.29, 1.82) is 0 Å². The summed E-state index contributed by atoms with van der Waals surface area (Å²) in [7, 11) is 3.62. The maximum absolute atomic E-state index is 6.12. The molecule has 2 aromatic rings. The first-order valence-electron chi connectivity index (χ1n) is 9.85. The summed E-state index contributed by atoms with van der Waals surface area (Å²) in [6.45, 7) is 10.1. The Hall–Kier alpha value is -1.08. The van der Waals surface area contributed by atoms with Crippen LogP contribution in [0, 0.1) is 11.8 Å². The van der Waals surface area contributed by atoms with E-state index in [0.29, 0.717) is 11.8 Å². The van der Waals surface area contributed by atoms with Crippen LogP contribution in [-0.2, 0) is 9.47 Å². The normalized spacial score (nSPS) is 13.8. The number of aromatic nitrogens is 2. The van der Waals surface area contributed by atoms with E-state index in [1.807, 2.05) is 70.4 Å². The zero-order chi connectivity index (χ0) is 20.2. The zero-order valence-corrected chi connectivity index (χ0v) is 18.9. The van der Waals surface area contributed by atoms with Gasteiger partial charge in [0.15, 0.2) is 0 Å². The van der Waals surface area contributed by atoms with Gasteiger partial charge in [0, 0.05) is 37.1 Å². The van der Waals surface area contributed by atoms with Gasteiger partial charge in [0.05, 0.1) is 11.4 Å². The molecular formula is C22H32N2O2S2. The first kappa shape index (κ1) is 23.2. The summed E-state index contributed by atoms with van der Waals surface area (Å²) >= 11 is 0. The second kappa shape index (κ2) is 13.2. The van der Waals surface area contributed by atoms with E-state index in [4.69, 9.17) is 9.47 Å². The predicted octanol–water partition coefficient (Wildman–Crippen LogP) is 5.99. The molecule has 0 radical (unpaired) electrons. The van der Waals surface area contributed by atoms with Gasteiger partial charge < -0.3 is 9.47 Å². The molecule has 28 heavy (non-hydrogen) atoms. The third kappa shape index (κ3) is 8.95. The molecule has 0 aliphatic carbocycles. The molecule has 2 unspecified atom stereocenters. The van der Waals surface area contributed by atoms with Gasteiger partial charge in [-0.2, -0.15) is 0 Å². The summed E-state index contributed by atoms with van der Waals surface area (Å²) in [5.41, 5.74) is 1.99. The summed E-state index contributed by atoms with van der Waals surface area (Å²) in [6.07, 6.45) is 3.67. The van der Waals surface area contributed by atoms with Crippen LogP contribution in [0.3, 0.4) is 0 Å². The fourth-order valence-electron chi connectivity index (χ4n) is 2.41. The maximum atomic E-state index is 6.12. The third-order valence-electron chi connectivity index (χ3n) is 3.82. The summed E-state index contributed by atoms with van der Waals surface area (Å²) in [5.74, 6) is 2.71. The SMILES string of the molecule is CC(C)COC(CSSCC(OCC(C)C)c1ccccn1)c1ccccn1. The molecule has 154 valence electrons. The Morgan fingerprint density at radius 2 is 1.14 bits per heavy atom. The minimum atomic E-state index is 0.00554. The lowest BCUT2D eigenvalue weighted by molar-refractivity contribution is 0.0470. The Morgan fingerprint density at radius 1 is 0.714 bits per heavy atom. The largest absolute Gasteiger partial charge is 0.371 e. The molecule has 2 rings (SSSR count). The van der Waals surface area contributed by atoms with Gasteiger partial charge in [0.1, 0.15) is 12.2 Å². The molecule has 0 aromatic carbocycles. The lowest BCUT2D eigenvalue weighted by atomic mass is 10.2. The Bertz CT molecular complexity index is 584. The van der Waals surface area contributed by atoms with E-state index < -0.39 is 0 Å². The van der Waals surface area contributed by atoms with E-state index in [9.17, 15) is 0 Å². The van der Waals surface area contributed by atoms with Crippen LogP contribution in [0.5, 0.6) is 0 Å².